The van der Waals surface area contributed by atoms with Crippen LogP contribution in [0.4, 0.5) is 0 Å². The molecule has 94 valence electrons. The molecule has 0 aromatic heterocycles. The first kappa shape index (κ1) is 13.5. The number of rotatable bonds is 5. The van der Waals surface area contributed by atoms with Crippen LogP contribution in [0, 0.1) is 29.1 Å². The molecule has 1 unspecified atom stereocenters. The Morgan fingerprint density at radius 3 is 2.25 bits per heavy atom. The highest BCUT2D eigenvalue weighted by atomic mass is 16.4. The van der Waals surface area contributed by atoms with Crippen molar-refractivity contribution in [3.05, 3.63) is 0 Å². The number of carboxylic acids is 1. The number of carboxylic acid groups (broad SMARTS) is 1. The van der Waals surface area contributed by atoms with Crippen LogP contribution in [0.2, 0.25) is 0 Å². The quantitative estimate of drug-likeness (QED) is 0.758. The summed E-state index contributed by atoms with van der Waals surface area (Å²) in [6.45, 7) is 9.32. The van der Waals surface area contributed by atoms with Crippen molar-refractivity contribution in [1.82, 2.24) is 0 Å². The fourth-order valence-corrected chi connectivity index (χ4v) is 3.66. The first-order chi connectivity index (χ1) is 7.34. The molecule has 0 radical (unpaired) electrons. The van der Waals surface area contributed by atoms with Gasteiger partial charge in [-0.05, 0) is 42.1 Å². The van der Waals surface area contributed by atoms with Crippen LogP contribution in [0.5, 0.6) is 0 Å². The molecule has 16 heavy (non-hydrogen) atoms. The lowest BCUT2D eigenvalue weighted by Crippen LogP contribution is -2.57. The number of nitrogens with two attached hydrogens (primary N) is 1. The maximum atomic E-state index is 11.0. The molecule has 3 atom stereocenters. The van der Waals surface area contributed by atoms with E-state index in [1.807, 2.05) is 0 Å². The van der Waals surface area contributed by atoms with Gasteiger partial charge in [0.05, 0.1) is 6.42 Å². The summed E-state index contributed by atoms with van der Waals surface area (Å²) >= 11 is 0. The van der Waals surface area contributed by atoms with Crippen LogP contribution in [-0.4, -0.2) is 17.6 Å². The molecule has 3 heteroatoms. The number of aliphatic carboxylic acids is 1. The van der Waals surface area contributed by atoms with Gasteiger partial charge in [-0.1, -0.05) is 27.7 Å². The zero-order chi connectivity index (χ0) is 12.5. The number of hydrogen-bond donors (Lipinski definition) is 2. The average Bonchev–Trinajstić information content (AvgIpc) is 2.09. The minimum Gasteiger partial charge on any atom is -0.481 e. The molecule has 1 aliphatic rings. The molecule has 1 aliphatic carbocycles. The van der Waals surface area contributed by atoms with Crippen molar-refractivity contribution in [2.75, 3.05) is 6.54 Å². The molecule has 0 saturated heterocycles. The summed E-state index contributed by atoms with van der Waals surface area (Å²) in [7, 11) is 0. The van der Waals surface area contributed by atoms with Gasteiger partial charge in [0.25, 0.3) is 0 Å². The van der Waals surface area contributed by atoms with Crippen molar-refractivity contribution >= 4 is 5.97 Å². The van der Waals surface area contributed by atoms with E-state index < -0.39 is 5.97 Å². The van der Waals surface area contributed by atoms with Gasteiger partial charge < -0.3 is 10.8 Å². The Kier molecular flexibility index (Phi) is 4.00. The van der Waals surface area contributed by atoms with E-state index in [1.165, 1.54) is 0 Å². The molecule has 1 saturated carbocycles. The van der Waals surface area contributed by atoms with E-state index in [0.29, 0.717) is 30.2 Å². The summed E-state index contributed by atoms with van der Waals surface area (Å²) in [5.74, 6) is 1.54. The van der Waals surface area contributed by atoms with Crippen LogP contribution >= 0.6 is 0 Å². The molecule has 0 aromatic carbocycles. The molecule has 0 aliphatic heterocycles. The molecule has 1 rings (SSSR count). The Balaban J connectivity index is 2.84. The molecule has 0 amide bonds. The lowest BCUT2D eigenvalue weighted by Gasteiger charge is -2.58. The van der Waals surface area contributed by atoms with Crippen LogP contribution in [0.25, 0.3) is 0 Å². The number of hydrogen-bond acceptors (Lipinski definition) is 2. The van der Waals surface area contributed by atoms with Gasteiger partial charge in [-0.25, -0.2) is 0 Å². The van der Waals surface area contributed by atoms with Crippen LogP contribution < -0.4 is 5.73 Å². The minimum atomic E-state index is -0.710. The zero-order valence-electron chi connectivity index (χ0n) is 10.9. The van der Waals surface area contributed by atoms with Crippen molar-refractivity contribution in [3.63, 3.8) is 0 Å². The van der Waals surface area contributed by atoms with Gasteiger partial charge >= 0.3 is 5.97 Å². The topological polar surface area (TPSA) is 63.3 Å². The maximum absolute atomic E-state index is 11.0. The van der Waals surface area contributed by atoms with E-state index >= 15 is 0 Å². The molecule has 0 heterocycles. The Morgan fingerprint density at radius 1 is 1.38 bits per heavy atom. The largest absolute Gasteiger partial charge is 0.481 e. The van der Waals surface area contributed by atoms with Crippen LogP contribution in [0.3, 0.4) is 0 Å². The predicted molar refractivity (Wildman–Crippen MR) is 65.0 cm³/mol. The zero-order valence-corrected chi connectivity index (χ0v) is 10.9. The van der Waals surface area contributed by atoms with Crippen molar-refractivity contribution in [2.45, 2.75) is 40.5 Å². The third kappa shape index (κ3) is 2.24. The first-order valence-corrected chi connectivity index (χ1v) is 6.26. The first-order valence-electron chi connectivity index (χ1n) is 6.26. The Hall–Kier alpha value is -0.570. The molecule has 0 bridgehead atoms. The van der Waals surface area contributed by atoms with E-state index in [-0.39, 0.29) is 11.8 Å². The number of carbonyl (C=O) groups is 1. The lowest BCUT2D eigenvalue weighted by atomic mass is 9.47. The fourth-order valence-electron chi connectivity index (χ4n) is 3.66. The van der Waals surface area contributed by atoms with Gasteiger partial charge in [0, 0.05) is 0 Å². The average molecular weight is 227 g/mol. The van der Waals surface area contributed by atoms with Gasteiger partial charge in [0.15, 0.2) is 0 Å². The highest BCUT2D eigenvalue weighted by Crippen LogP contribution is 2.58. The summed E-state index contributed by atoms with van der Waals surface area (Å²) in [4.78, 5) is 11.0. The summed E-state index contributed by atoms with van der Waals surface area (Å²) in [5.41, 5.74) is 5.70. The SMILES string of the molecule is CC(C)[C@@H]1CC(CN)(CC(=O)O)[C@H]1C(C)C. The second-order valence-corrected chi connectivity index (χ2v) is 6.02. The maximum Gasteiger partial charge on any atom is 0.303 e. The van der Waals surface area contributed by atoms with Gasteiger partial charge in [-0.15, -0.1) is 0 Å². The van der Waals surface area contributed by atoms with Crippen LogP contribution in [0.1, 0.15) is 40.5 Å². The van der Waals surface area contributed by atoms with E-state index in [4.69, 9.17) is 10.8 Å². The van der Waals surface area contributed by atoms with Gasteiger partial charge in [-0.2, -0.15) is 0 Å². The Bertz CT molecular complexity index is 263. The van der Waals surface area contributed by atoms with Gasteiger partial charge in [0.1, 0.15) is 0 Å². The summed E-state index contributed by atoms with van der Waals surface area (Å²) < 4.78 is 0. The van der Waals surface area contributed by atoms with E-state index in [1.54, 1.807) is 0 Å². The Labute approximate surface area is 98.4 Å². The van der Waals surface area contributed by atoms with Crippen molar-refractivity contribution in [1.29, 1.82) is 0 Å². The molecule has 3 N–H and O–H groups in total. The van der Waals surface area contributed by atoms with Crippen molar-refractivity contribution < 1.29 is 9.90 Å². The third-order valence-electron chi connectivity index (χ3n) is 4.29. The van der Waals surface area contributed by atoms with Crippen LogP contribution in [-0.2, 0) is 4.79 Å². The molecule has 3 nitrogen and oxygen atoms in total. The smallest absolute Gasteiger partial charge is 0.303 e. The summed E-state index contributed by atoms with van der Waals surface area (Å²) in [6.07, 6.45) is 1.21. The van der Waals surface area contributed by atoms with Crippen molar-refractivity contribution in [3.8, 4) is 0 Å². The third-order valence-corrected chi connectivity index (χ3v) is 4.29. The molecular weight excluding hydrogens is 202 g/mol. The fraction of sp³-hybridized carbons (Fsp3) is 0.923. The van der Waals surface area contributed by atoms with Crippen molar-refractivity contribution in [2.24, 2.45) is 34.8 Å². The Morgan fingerprint density at radius 2 is 1.94 bits per heavy atom. The summed E-state index contributed by atoms with van der Waals surface area (Å²) in [6, 6.07) is 0. The normalized spacial score (nSPS) is 34.2. The van der Waals surface area contributed by atoms with E-state index in [0.717, 1.165) is 6.42 Å². The summed E-state index contributed by atoms with van der Waals surface area (Å²) in [5, 5.41) is 9.01. The molecule has 1 fully saturated rings. The molecule has 0 aromatic rings. The van der Waals surface area contributed by atoms with Gasteiger partial charge in [-0.3, -0.25) is 4.79 Å². The highest BCUT2D eigenvalue weighted by Gasteiger charge is 2.55. The second-order valence-electron chi connectivity index (χ2n) is 6.02. The van der Waals surface area contributed by atoms with Gasteiger partial charge in [0.2, 0.25) is 0 Å². The van der Waals surface area contributed by atoms with E-state index in [9.17, 15) is 4.79 Å². The molecule has 0 spiro atoms. The highest BCUT2D eigenvalue weighted by molar-refractivity contribution is 5.68. The van der Waals surface area contributed by atoms with E-state index in [2.05, 4.69) is 27.7 Å². The lowest BCUT2D eigenvalue weighted by molar-refractivity contribution is -0.151. The monoisotopic (exact) mass is 227 g/mol. The van der Waals surface area contributed by atoms with Crippen LogP contribution in [0.15, 0.2) is 0 Å². The molecular formula is C13H25NO2. The predicted octanol–water partition coefficient (Wildman–Crippen LogP) is 2.35. The minimum absolute atomic E-state index is 0.144. The standard InChI is InChI=1S/C13H25NO2/c1-8(2)10-5-13(7-14,6-11(15)16)12(10)9(3)4/h8-10,12H,5-7,14H2,1-4H3,(H,15,16)/t10-,12-,13?/m0/s1. The second kappa shape index (κ2) is 4.74.